The number of hydrogen-bond acceptors (Lipinski definition) is 3. The minimum atomic E-state index is 0.176. The normalized spacial score (nSPS) is 27.1. The molecule has 1 unspecified atom stereocenters. The average molecular weight is 194 g/mol. The molecule has 1 aliphatic heterocycles. The van der Waals surface area contributed by atoms with Crippen LogP contribution in [0.1, 0.15) is 31.9 Å². The van der Waals surface area contributed by atoms with Crippen LogP contribution < -0.4 is 5.32 Å². The lowest BCUT2D eigenvalue weighted by Gasteiger charge is -2.20. The summed E-state index contributed by atoms with van der Waals surface area (Å²) in [4.78, 5) is 4.59. The van der Waals surface area contributed by atoms with Crippen LogP contribution in [0.5, 0.6) is 0 Å². The van der Waals surface area contributed by atoms with Crippen molar-refractivity contribution in [3.8, 4) is 0 Å². The maximum absolute atomic E-state index is 4.59. The first kappa shape index (κ1) is 9.65. The first-order valence-electron chi connectivity index (χ1n) is 5.27. The Kier molecular flexibility index (Phi) is 2.31. The summed E-state index contributed by atoms with van der Waals surface area (Å²) >= 11 is 0. The monoisotopic (exact) mass is 194 g/mol. The summed E-state index contributed by atoms with van der Waals surface area (Å²) in [5.74, 6) is 2.08. The predicted molar refractivity (Wildman–Crippen MR) is 55.2 cm³/mol. The van der Waals surface area contributed by atoms with Gasteiger partial charge in [-0.25, -0.2) is 4.98 Å². The molecule has 1 fully saturated rings. The van der Waals surface area contributed by atoms with Gasteiger partial charge in [0.2, 0.25) is 0 Å². The third-order valence-electron chi connectivity index (χ3n) is 3.03. The molecule has 0 spiro atoms. The summed E-state index contributed by atoms with van der Waals surface area (Å²) in [7, 11) is 1.99. The summed E-state index contributed by atoms with van der Waals surface area (Å²) in [6, 6.07) is 0. The zero-order valence-electron chi connectivity index (χ0n) is 9.17. The molecule has 0 aliphatic carbocycles. The second kappa shape index (κ2) is 3.35. The van der Waals surface area contributed by atoms with E-state index in [9.17, 15) is 0 Å². The Labute approximate surface area is 84.7 Å². The lowest BCUT2D eigenvalue weighted by Crippen LogP contribution is -2.28. The van der Waals surface area contributed by atoms with Crippen molar-refractivity contribution in [3.63, 3.8) is 0 Å². The lowest BCUT2D eigenvalue weighted by atomic mass is 9.89. The molecule has 4 nitrogen and oxygen atoms in total. The van der Waals surface area contributed by atoms with E-state index in [1.807, 2.05) is 11.7 Å². The topological polar surface area (TPSA) is 42.7 Å². The van der Waals surface area contributed by atoms with E-state index in [4.69, 9.17) is 0 Å². The Morgan fingerprint density at radius 3 is 2.86 bits per heavy atom. The van der Waals surface area contributed by atoms with E-state index in [2.05, 4.69) is 29.2 Å². The van der Waals surface area contributed by atoms with E-state index in [0.717, 1.165) is 37.6 Å². The van der Waals surface area contributed by atoms with Crippen LogP contribution in [-0.2, 0) is 18.9 Å². The quantitative estimate of drug-likeness (QED) is 0.751. The number of aromatic nitrogens is 3. The van der Waals surface area contributed by atoms with E-state index >= 15 is 0 Å². The second-order valence-corrected chi connectivity index (χ2v) is 4.32. The molecule has 2 heterocycles. The van der Waals surface area contributed by atoms with E-state index in [1.165, 1.54) is 0 Å². The molecule has 0 bridgehead atoms. The third-order valence-corrected chi connectivity index (χ3v) is 3.03. The van der Waals surface area contributed by atoms with Crippen LogP contribution in [0.3, 0.4) is 0 Å². The molecule has 0 aromatic carbocycles. The van der Waals surface area contributed by atoms with Gasteiger partial charge in [-0.2, -0.15) is 5.10 Å². The highest BCUT2D eigenvalue weighted by Gasteiger charge is 2.34. The highest BCUT2D eigenvalue weighted by molar-refractivity contribution is 5.11. The van der Waals surface area contributed by atoms with Crippen molar-refractivity contribution in [2.24, 2.45) is 7.05 Å². The van der Waals surface area contributed by atoms with Gasteiger partial charge in [-0.1, -0.05) is 13.8 Å². The van der Waals surface area contributed by atoms with Gasteiger partial charge in [-0.05, 0) is 13.0 Å². The molecule has 14 heavy (non-hydrogen) atoms. The Morgan fingerprint density at radius 2 is 2.36 bits per heavy atom. The summed E-state index contributed by atoms with van der Waals surface area (Å²) < 4.78 is 1.94. The maximum Gasteiger partial charge on any atom is 0.150 e. The molecule has 4 heteroatoms. The average Bonchev–Trinajstić information content (AvgIpc) is 2.73. The zero-order valence-corrected chi connectivity index (χ0v) is 9.17. The molecule has 2 rings (SSSR count). The molecular formula is C10H18N4. The van der Waals surface area contributed by atoms with E-state index < -0.39 is 0 Å². The lowest BCUT2D eigenvalue weighted by molar-refractivity contribution is 0.461. The highest BCUT2D eigenvalue weighted by Crippen LogP contribution is 2.28. The molecular weight excluding hydrogens is 176 g/mol. The van der Waals surface area contributed by atoms with E-state index in [1.54, 1.807) is 0 Å². The summed E-state index contributed by atoms with van der Waals surface area (Å²) in [5, 5.41) is 7.78. The predicted octanol–water partition coefficient (Wildman–Crippen LogP) is 0.628. The van der Waals surface area contributed by atoms with Crippen LogP contribution in [0.4, 0.5) is 0 Å². The van der Waals surface area contributed by atoms with Crippen molar-refractivity contribution < 1.29 is 0 Å². The fourth-order valence-electron chi connectivity index (χ4n) is 2.12. The summed E-state index contributed by atoms with van der Waals surface area (Å²) in [6.07, 6.45) is 2.07. The van der Waals surface area contributed by atoms with Crippen molar-refractivity contribution in [2.45, 2.75) is 32.1 Å². The van der Waals surface area contributed by atoms with Gasteiger partial charge in [0.25, 0.3) is 0 Å². The maximum atomic E-state index is 4.59. The van der Waals surface area contributed by atoms with Crippen LogP contribution in [-0.4, -0.2) is 27.9 Å². The van der Waals surface area contributed by atoms with E-state index in [0.29, 0.717) is 0 Å². The molecule has 0 saturated carbocycles. The fraction of sp³-hybridized carbons (Fsp3) is 0.800. The number of hydrogen-bond donors (Lipinski definition) is 1. The molecule has 1 aromatic heterocycles. The zero-order chi connectivity index (χ0) is 10.2. The third kappa shape index (κ3) is 1.43. The Balaban J connectivity index is 2.34. The Morgan fingerprint density at radius 1 is 1.57 bits per heavy atom. The smallest absolute Gasteiger partial charge is 0.150 e. The number of nitrogens with one attached hydrogen (secondary N) is 1. The minimum Gasteiger partial charge on any atom is -0.316 e. The standard InChI is InChI=1S/C10H18N4/c1-4-8-12-9(14(3)13-8)10(2)5-6-11-7-10/h11H,4-7H2,1-3H3. The van der Waals surface area contributed by atoms with Gasteiger partial charge >= 0.3 is 0 Å². The largest absolute Gasteiger partial charge is 0.316 e. The Hall–Kier alpha value is -0.900. The fourth-order valence-corrected chi connectivity index (χ4v) is 2.12. The van der Waals surface area contributed by atoms with Crippen LogP contribution in [0.15, 0.2) is 0 Å². The van der Waals surface area contributed by atoms with Gasteiger partial charge in [0.1, 0.15) is 5.82 Å². The first-order valence-corrected chi connectivity index (χ1v) is 5.27. The van der Waals surface area contributed by atoms with Crippen LogP contribution >= 0.6 is 0 Å². The molecule has 1 saturated heterocycles. The summed E-state index contributed by atoms with van der Waals surface area (Å²) in [6.45, 7) is 6.46. The molecule has 1 aliphatic rings. The van der Waals surface area contributed by atoms with Gasteiger partial charge in [0.15, 0.2) is 5.82 Å². The molecule has 0 radical (unpaired) electrons. The molecule has 0 amide bonds. The minimum absolute atomic E-state index is 0.176. The van der Waals surface area contributed by atoms with Crippen LogP contribution in [0, 0.1) is 0 Å². The molecule has 78 valence electrons. The molecule has 1 aromatic rings. The van der Waals surface area contributed by atoms with Crippen LogP contribution in [0.25, 0.3) is 0 Å². The van der Waals surface area contributed by atoms with Gasteiger partial charge in [0.05, 0.1) is 0 Å². The van der Waals surface area contributed by atoms with Crippen molar-refractivity contribution in [3.05, 3.63) is 11.6 Å². The first-order chi connectivity index (χ1) is 6.65. The molecule has 1 atom stereocenters. The van der Waals surface area contributed by atoms with Gasteiger partial charge < -0.3 is 5.32 Å². The number of nitrogens with zero attached hydrogens (tertiary/aromatic N) is 3. The van der Waals surface area contributed by atoms with Crippen molar-refractivity contribution >= 4 is 0 Å². The van der Waals surface area contributed by atoms with Crippen molar-refractivity contribution in [1.29, 1.82) is 0 Å². The second-order valence-electron chi connectivity index (χ2n) is 4.32. The highest BCUT2D eigenvalue weighted by atomic mass is 15.3. The van der Waals surface area contributed by atoms with Gasteiger partial charge in [0, 0.05) is 25.4 Å². The van der Waals surface area contributed by atoms with Crippen molar-refractivity contribution in [1.82, 2.24) is 20.1 Å². The molecule has 1 N–H and O–H groups in total. The Bertz CT molecular complexity index is 323. The van der Waals surface area contributed by atoms with Gasteiger partial charge in [-0.3, -0.25) is 4.68 Å². The van der Waals surface area contributed by atoms with E-state index in [-0.39, 0.29) is 5.41 Å². The SMILES string of the molecule is CCc1nc(C2(C)CCNC2)n(C)n1. The van der Waals surface area contributed by atoms with Crippen LogP contribution in [0.2, 0.25) is 0 Å². The van der Waals surface area contributed by atoms with Crippen molar-refractivity contribution in [2.75, 3.05) is 13.1 Å². The summed E-state index contributed by atoms with van der Waals surface area (Å²) in [5.41, 5.74) is 0.176. The number of rotatable bonds is 2. The number of aryl methyl sites for hydroxylation is 2. The van der Waals surface area contributed by atoms with Gasteiger partial charge in [-0.15, -0.1) is 0 Å².